The van der Waals surface area contributed by atoms with E-state index in [0.717, 1.165) is 13.1 Å². The number of para-hydroxylation sites is 2. The summed E-state index contributed by atoms with van der Waals surface area (Å²) < 4.78 is 2.08. The Kier molecular flexibility index (Phi) is 9.37. The average molecular weight is 458 g/mol. The maximum Gasteiger partial charge on any atom is 0.292 e. The van der Waals surface area contributed by atoms with E-state index in [-0.39, 0.29) is 29.7 Å². The van der Waals surface area contributed by atoms with Gasteiger partial charge < -0.3 is 20.5 Å². The van der Waals surface area contributed by atoms with Gasteiger partial charge >= 0.3 is 0 Å². The number of nitro benzene ring substituents is 1. The molecule has 2 rings (SSSR count). The number of aliphatic imine (C=N–C) groups is 1. The molecule has 0 aliphatic heterocycles. The summed E-state index contributed by atoms with van der Waals surface area (Å²) in [6.07, 6.45) is 4.02. The third-order valence-corrected chi connectivity index (χ3v) is 3.39. The maximum atomic E-state index is 10.9. The predicted octanol–water partition coefficient (Wildman–Crippen LogP) is 2.29. The Bertz CT molecular complexity index is 675. The fourth-order valence-electron chi connectivity index (χ4n) is 2.20. The quantitative estimate of drug-likeness (QED) is 0.141. The van der Waals surface area contributed by atoms with Gasteiger partial charge in [-0.3, -0.25) is 15.1 Å². The Morgan fingerprint density at radius 3 is 2.48 bits per heavy atom. The van der Waals surface area contributed by atoms with Gasteiger partial charge in [0.15, 0.2) is 5.96 Å². The zero-order chi connectivity index (χ0) is 17.2. The minimum Gasteiger partial charge on any atom is -0.378 e. The number of nitro groups is 1. The first kappa shape index (κ1) is 20.7. The number of aromatic nitrogens is 1. The van der Waals surface area contributed by atoms with Gasteiger partial charge in [-0.05, 0) is 18.2 Å². The molecule has 0 atom stereocenters. The minimum atomic E-state index is -0.391. The average Bonchev–Trinajstić information content (AvgIpc) is 3.10. The topological polar surface area (TPSA) is 96.5 Å². The number of rotatable bonds is 8. The van der Waals surface area contributed by atoms with E-state index in [1.54, 1.807) is 25.2 Å². The number of hydrogen-bond acceptors (Lipinski definition) is 4. The molecule has 3 N–H and O–H groups in total. The summed E-state index contributed by atoms with van der Waals surface area (Å²) in [6.45, 7) is 2.74. The van der Waals surface area contributed by atoms with Crippen LogP contribution in [0, 0.1) is 10.1 Å². The van der Waals surface area contributed by atoms with E-state index in [2.05, 4.69) is 25.5 Å². The smallest absolute Gasteiger partial charge is 0.292 e. The van der Waals surface area contributed by atoms with Gasteiger partial charge in [0, 0.05) is 51.7 Å². The molecule has 0 unspecified atom stereocenters. The highest BCUT2D eigenvalue weighted by atomic mass is 127. The molecule has 0 saturated heterocycles. The molecule has 1 aromatic heterocycles. The SMILES string of the molecule is CN=C(NCCNc1ccccc1[N+](=O)[O-])NCCn1cccc1.I. The van der Waals surface area contributed by atoms with Gasteiger partial charge in [-0.1, -0.05) is 12.1 Å². The third kappa shape index (κ3) is 6.99. The molecule has 0 saturated carbocycles. The predicted molar refractivity (Wildman–Crippen MR) is 111 cm³/mol. The second kappa shape index (κ2) is 11.3. The van der Waals surface area contributed by atoms with Gasteiger partial charge in [0.1, 0.15) is 5.69 Å². The maximum absolute atomic E-state index is 10.9. The summed E-state index contributed by atoms with van der Waals surface area (Å²) in [6, 6.07) is 10.6. The van der Waals surface area contributed by atoms with Crippen molar-refractivity contribution in [1.29, 1.82) is 0 Å². The zero-order valence-electron chi connectivity index (χ0n) is 14.0. The van der Waals surface area contributed by atoms with E-state index >= 15 is 0 Å². The van der Waals surface area contributed by atoms with Crippen molar-refractivity contribution in [2.45, 2.75) is 6.54 Å². The zero-order valence-corrected chi connectivity index (χ0v) is 16.3. The van der Waals surface area contributed by atoms with Gasteiger partial charge in [-0.25, -0.2) is 0 Å². The summed E-state index contributed by atoms with van der Waals surface area (Å²) in [7, 11) is 1.71. The summed E-state index contributed by atoms with van der Waals surface area (Å²) >= 11 is 0. The van der Waals surface area contributed by atoms with Crippen LogP contribution in [0.15, 0.2) is 53.8 Å². The number of guanidine groups is 1. The van der Waals surface area contributed by atoms with Crippen molar-refractivity contribution >= 4 is 41.3 Å². The van der Waals surface area contributed by atoms with Crippen molar-refractivity contribution in [3.8, 4) is 0 Å². The summed E-state index contributed by atoms with van der Waals surface area (Å²) in [4.78, 5) is 14.7. The van der Waals surface area contributed by atoms with Gasteiger partial charge in [-0.2, -0.15) is 0 Å². The molecule has 1 aromatic carbocycles. The molecule has 0 radical (unpaired) electrons. The van der Waals surface area contributed by atoms with Crippen LogP contribution in [0.1, 0.15) is 0 Å². The van der Waals surface area contributed by atoms with Crippen LogP contribution in [0.4, 0.5) is 11.4 Å². The number of anilines is 1. The fourth-order valence-corrected chi connectivity index (χ4v) is 2.20. The van der Waals surface area contributed by atoms with Gasteiger partial charge in [-0.15, -0.1) is 24.0 Å². The molecule has 1 heterocycles. The van der Waals surface area contributed by atoms with Crippen LogP contribution in [0.3, 0.4) is 0 Å². The lowest BCUT2D eigenvalue weighted by Gasteiger charge is -2.13. The van der Waals surface area contributed by atoms with Crippen molar-refractivity contribution in [2.24, 2.45) is 4.99 Å². The minimum absolute atomic E-state index is 0. The molecular formula is C16H23IN6O2. The molecule has 9 heteroatoms. The molecule has 0 amide bonds. The van der Waals surface area contributed by atoms with E-state index < -0.39 is 4.92 Å². The number of nitrogens with one attached hydrogen (secondary N) is 3. The first-order valence-electron chi connectivity index (χ1n) is 7.73. The fraction of sp³-hybridized carbons (Fsp3) is 0.312. The second-order valence-electron chi connectivity index (χ2n) is 5.05. The van der Waals surface area contributed by atoms with Crippen molar-refractivity contribution in [2.75, 3.05) is 32.0 Å². The highest BCUT2D eigenvalue weighted by Crippen LogP contribution is 2.22. The van der Waals surface area contributed by atoms with E-state index in [1.807, 2.05) is 24.5 Å². The van der Waals surface area contributed by atoms with Crippen molar-refractivity contribution in [3.05, 3.63) is 58.9 Å². The highest BCUT2D eigenvalue weighted by molar-refractivity contribution is 14.0. The molecule has 0 fully saturated rings. The number of nitrogens with zero attached hydrogens (tertiary/aromatic N) is 3. The van der Waals surface area contributed by atoms with E-state index in [0.29, 0.717) is 24.7 Å². The van der Waals surface area contributed by atoms with Gasteiger partial charge in [0.05, 0.1) is 4.92 Å². The normalized spacial score (nSPS) is 10.7. The van der Waals surface area contributed by atoms with Crippen LogP contribution in [0.2, 0.25) is 0 Å². The van der Waals surface area contributed by atoms with Gasteiger partial charge in [0.2, 0.25) is 0 Å². The van der Waals surface area contributed by atoms with Crippen LogP contribution in [-0.2, 0) is 6.54 Å². The second-order valence-corrected chi connectivity index (χ2v) is 5.05. The van der Waals surface area contributed by atoms with E-state index in [1.165, 1.54) is 6.07 Å². The number of benzene rings is 1. The Hall–Kier alpha value is -2.30. The molecule has 0 bridgehead atoms. The Balaban J connectivity index is 0.00000312. The third-order valence-electron chi connectivity index (χ3n) is 3.39. The molecule has 8 nitrogen and oxygen atoms in total. The van der Waals surface area contributed by atoms with Crippen molar-refractivity contribution in [1.82, 2.24) is 15.2 Å². The van der Waals surface area contributed by atoms with E-state index in [4.69, 9.17) is 0 Å². The van der Waals surface area contributed by atoms with Crippen LogP contribution >= 0.6 is 24.0 Å². The van der Waals surface area contributed by atoms with Gasteiger partial charge in [0.25, 0.3) is 5.69 Å². The first-order valence-corrected chi connectivity index (χ1v) is 7.73. The highest BCUT2D eigenvalue weighted by Gasteiger charge is 2.11. The lowest BCUT2D eigenvalue weighted by atomic mass is 10.2. The monoisotopic (exact) mass is 458 g/mol. The Morgan fingerprint density at radius 1 is 1.12 bits per heavy atom. The van der Waals surface area contributed by atoms with Crippen molar-refractivity contribution < 1.29 is 4.92 Å². The molecule has 0 aliphatic rings. The molecular weight excluding hydrogens is 435 g/mol. The summed E-state index contributed by atoms with van der Waals surface area (Å²) in [5.41, 5.74) is 0.589. The standard InChI is InChI=1S/C16H22N6O2.HI/c1-17-16(20-10-13-21-11-4-5-12-21)19-9-8-18-14-6-2-3-7-15(14)22(23)24;/h2-7,11-12,18H,8-10,13H2,1H3,(H2,17,19,20);1H. The Labute approximate surface area is 163 Å². The lowest BCUT2D eigenvalue weighted by molar-refractivity contribution is -0.384. The Morgan fingerprint density at radius 2 is 1.80 bits per heavy atom. The van der Waals surface area contributed by atoms with E-state index in [9.17, 15) is 10.1 Å². The molecule has 2 aromatic rings. The number of halogens is 1. The molecule has 25 heavy (non-hydrogen) atoms. The summed E-state index contributed by atoms with van der Waals surface area (Å²) in [5, 5.41) is 20.4. The van der Waals surface area contributed by atoms with Crippen LogP contribution < -0.4 is 16.0 Å². The van der Waals surface area contributed by atoms with Crippen LogP contribution in [0.25, 0.3) is 0 Å². The molecule has 136 valence electrons. The number of hydrogen-bond donors (Lipinski definition) is 3. The lowest BCUT2D eigenvalue weighted by Crippen LogP contribution is -2.40. The molecule has 0 spiro atoms. The van der Waals surface area contributed by atoms with Crippen LogP contribution in [-0.4, -0.2) is 42.1 Å². The molecule has 0 aliphatic carbocycles. The summed E-state index contributed by atoms with van der Waals surface area (Å²) in [5.74, 6) is 0.700. The van der Waals surface area contributed by atoms with Crippen LogP contribution in [0.5, 0.6) is 0 Å². The first-order chi connectivity index (χ1) is 11.7. The largest absolute Gasteiger partial charge is 0.378 e. The van der Waals surface area contributed by atoms with Crippen molar-refractivity contribution in [3.63, 3.8) is 0 Å².